The summed E-state index contributed by atoms with van der Waals surface area (Å²) in [5, 5.41) is 15.1. The van der Waals surface area contributed by atoms with E-state index in [4.69, 9.17) is 23.2 Å². The van der Waals surface area contributed by atoms with Crippen LogP contribution in [0.1, 0.15) is 5.69 Å². The SMILES string of the molecule is Clc1cc(Cl)cc(Nc2nncc(NCc3ccccn3)n2)c1. The Hall–Kier alpha value is -2.44. The zero-order valence-electron chi connectivity index (χ0n) is 11.9. The van der Waals surface area contributed by atoms with Gasteiger partial charge in [0, 0.05) is 21.9 Å². The highest BCUT2D eigenvalue weighted by Gasteiger charge is 2.04. The topological polar surface area (TPSA) is 75.6 Å². The molecule has 8 heteroatoms. The molecule has 3 aromatic rings. The Balaban J connectivity index is 1.69. The fraction of sp³-hybridized carbons (Fsp3) is 0.0667. The summed E-state index contributed by atoms with van der Waals surface area (Å²) >= 11 is 11.9. The molecule has 0 fully saturated rings. The first-order valence-electron chi connectivity index (χ1n) is 6.76. The van der Waals surface area contributed by atoms with Gasteiger partial charge < -0.3 is 10.6 Å². The number of pyridine rings is 1. The summed E-state index contributed by atoms with van der Waals surface area (Å²) in [5.41, 5.74) is 1.59. The predicted molar refractivity (Wildman–Crippen MR) is 91.1 cm³/mol. The molecule has 0 saturated carbocycles. The van der Waals surface area contributed by atoms with Crippen molar-refractivity contribution in [3.05, 3.63) is 64.5 Å². The van der Waals surface area contributed by atoms with E-state index in [1.165, 1.54) is 0 Å². The van der Waals surface area contributed by atoms with E-state index < -0.39 is 0 Å². The van der Waals surface area contributed by atoms with Crippen LogP contribution in [0.4, 0.5) is 17.5 Å². The van der Waals surface area contributed by atoms with Crippen LogP contribution in [0.15, 0.2) is 48.8 Å². The molecule has 0 spiro atoms. The van der Waals surface area contributed by atoms with Gasteiger partial charge in [-0.15, -0.1) is 5.10 Å². The highest BCUT2D eigenvalue weighted by molar-refractivity contribution is 6.35. The summed E-state index contributed by atoms with van der Waals surface area (Å²) in [7, 11) is 0. The summed E-state index contributed by atoms with van der Waals surface area (Å²) in [6.45, 7) is 0.544. The van der Waals surface area contributed by atoms with Crippen LogP contribution in [0, 0.1) is 0 Å². The van der Waals surface area contributed by atoms with Crippen molar-refractivity contribution < 1.29 is 0 Å². The largest absolute Gasteiger partial charge is 0.363 e. The lowest BCUT2D eigenvalue weighted by atomic mass is 10.3. The molecule has 0 radical (unpaired) electrons. The molecule has 0 aliphatic heterocycles. The fourth-order valence-corrected chi connectivity index (χ4v) is 2.41. The molecule has 6 nitrogen and oxygen atoms in total. The van der Waals surface area contributed by atoms with Gasteiger partial charge in [0.05, 0.1) is 18.4 Å². The zero-order valence-corrected chi connectivity index (χ0v) is 13.4. The molecule has 2 N–H and O–H groups in total. The third-order valence-electron chi connectivity index (χ3n) is 2.85. The van der Waals surface area contributed by atoms with Gasteiger partial charge in [0.2, 0.25) is 5.95 Å². The molecule has 0 unspecified atom stereocenters. The molecule has 1 aromatic carbocycles. The second-order valence-electron chi connectivity index (χ2n) is 4.62. The standard InChI is InChI=1S/C15H12Cl2N6/c16-10-5-11(17)7-13(6-10)21-15-22-14(9-20-23-15)19-8-12-3-1-2-4-18-12/h1-7,9H,8H2,(H2,19,21,22,23). The lowest BCUT2D eigenvalue weighted by Gasteiger charge is -2.08. The molecule has 0 saturated heterocycles. The van der Waals surface area contributed by atoms with Gasteiger partial charge in [-0.25, -0.2) is 0 Å². The molecule has 0 atom stereocenters. The van der Waals surface area contributed by atoms with E-state index in [-0.39, 0.29) is 0 Å². The number of rotatable bonds is 5. The van der Waals surface area contributed by atoms with E-state index in [1.54, 1.807) is 30.6 Å². The number of halogens is 2. The highest BCUT2D eigenvalue weighted by atomic mass is 35.5. The van der Waals surface area contributed by atoms with Crippen molar-refractivity contribution in [1.29, 1.82) is 0 Å². The molecule has 0 aliphatic carbocycles. The number of nitrogens with one attached hydrogen (secondary N) is 2. The minimum atomic E-state index is 0.342. The Morgan fingerprint density at radius 2 is 1.87 bits per heavy atom. The van der Waals surface area contributed by atoms with Crippen molar-refractivity contribution in [2.24, 2.45) is 0 Å². The molecule has 2 aromatic heterocycles. The molecule has 0 bridgehead atoms. The monoisotopic (exact) mass is 346 g/mol. The van der Waals surface area contributed by atoms with Crippen LogP contribution in [0.2, 0.25) is 10.0 Å². The van der Waals surface area contributed by atoms with E-state index in [0.717, 1.165) is 5.69 Å². The van der Waals surface area contributed by atoms with Crippen molar-refractivity contribution >= 4 is 40.7 Å². The smallest absolute Gasteiger partial charge is 0.249 e. The molecular formula is C15H12Cl2N6. The van der Waals surface area contributed by atoms with Crippen molar-refractivity contribution in [2.45, 2.75) is 6.54 Å². The maximum absolute atomic E-state index is 5.97. The van der Waals surface area contributed by atoms with E-state index in [1.807, 2.05) is 18.2 Å². The van der Waals surface area contributed by atoms with E-state index in [9.17, 15) is 0 Å². The van der Waals surface area contributed by atoms with Crippen molar-refractivity contribution in [1.82, 2.24) is 20.2 Å². The molecule has 116 valence electrons. The number of anilines is 3. The van der Waals surface area contributed by atoms with Gasteiger partial charge >= 0.3 is 0 Å². The summed E-state index contributed by atoms with van der Waals surface area (Å²) < 4.78 is 0. The first kappa shape index (κ1) is 15.5. The number of hydrogen-bond acceptors (Lipinski definition) is 6. The van der Waals surface area contributed by atoms with Crippen LogP contribution < -0.4 is 10.6 Å². The lowest BCUT2D eigenvalue weighted by molar-refractivity contribution is 0.955. The minimum Gasteiger partial charge on any atom is -0.363 e. The zero-order chi connectivity index (χ0) is 16.1. The Kier molecular flexibility index (Phi) is 4.85. The van der Waals surface area contributed by atoms with Crippen molar-refractivity contribution in [3.8, 4) is 0 Å². The van der Waals surface area contributed by atoms with Gasteiger partial charge in [-0.05, 0) is 30.3 Å². The van der Waals surface area contributed by atoms with Crippen molar-refractivity contribution in [3.63, 3.8) is 0 Å². The first-order chi connectivity index (χ1) is 11.2. The van der Waals surface area contributed by atoms with E-state index in [2.05, 4.69) is 30.8 Å². The van der Waals surface area contributed by atoms with Gasteiger partial charge in [0.25, 0.3) is 0 Å². The van der Waals surface area contributed by atoms with Gasteiger partial charge in [-0.1, -0.05) is 29.3 Å². The molecule has 0 aliphatic rings. The van der Waals surface area contributed by atoms with E-state index >= 15 is 0 Å². The Morgan fingerprint density at radius 3 is 2.61 bits per heavy atom. The highest BCUT2D eigenvalue weighted by Crippen LogP contribution is 2.24. The molecule has 2 heterocycles. The molecule has 3 rings (SSSR count). The third-order valence-corrected chi connectivity index (χ3v) is 3.29. The van der Waals surface area contributed by atoms with Crippen LogP contribution in [-0.2, 0) is 6.54 Å². The first-order valence-corrected chi connectivity index (χ1v) is 7.51. The maximum Gasteiger partial charge on any atom is 0.249 e. The lowest BCUT2D eigenvalue weighted by Crippen LogP contribution is -2.06. The summed E-state index contributed by atoms with van der Waals surface area (Å²) in [6.07, 6.45) is 3.28. The number of benzene rings is 1. The van der Waals surface area contributed by atoms with Crippen LogP contribution in [0.25, 0.3) is 0 Å². The Bertz CT molecular complexity index is 777. The van der Waals surface area contributed by atoms with E-state index in [0.29, 0.717) is 34.0 Å². The molecular weight excluding hydrogens is 335 g/mol. The summed E-state index contributed by atoms with van der Waals surface area (Å²) in [6, 6.07) is 10.8. The number of nitrogens with zero attached hydrogens (tertiary/aromatic N) is 4. The predicted octanol–water partition coefficient (Wildman–Crippen LogP) is 3.93. The second kappa shape index (κ2) is 7.21. The van der Waals surface area contributed by atoms with Crippen LogP contribution in [-0.4, -0.2) is 20.2 Å². The van der Waals surface area contributed by atoms with Crippen LogP contribution in [0.5, 0.6) is 0 Å². The number of aromatic nitrogens is 4. The second-order valence-corrected chi connectivity index (χ2v) is 5.50. The van der Waals surface area contributed by atoms with Gasteiger partial charge in [0.15, 0.2) is 5.82 Å². The average Bonchev–Trinajstić information content (AvgIpc) is 2.53. The Morgan fingerprint density at radius 1 is 1.04 bits per heavy atom. The minimum absolute atomic E-state index is 0.342. The van der Waals surface area contributed by atoms with Crippen LogP contribution in [0.3, 0.4) is 0 Å². The third kappa shape index (κ3) is 4.51. The van der Waals surface area contributed by atoms with Crippen molar-refractivity contribution in [2.75, 3.05) is 10.6 Å². The summed E-state index contributed by atoms with van der Waals surface area (Å²) in [5.74, 6) is 0.927. The Labute approximate surface area is 142 Å². The van der Waals surface area contributed by atoms with Gasteiger partial charge in [-0.3, -0.25) is 4.98 Å². The molecule has 0 amide bonds. The van der Waals surface area contributed by atoms with Crippen LogP contribution >= 0.6 is 23.2 Å². The molecule has 23 heavy (non-hydrogen) atoms. The fourth-order valence-electron chi connectivity index (χ4n) is 1.88. The quantitative estimate of drug-likeness (QED) is 0.728. The van der Waals surface area contributed by atoms with Gasteiger partial charge in [0.1, 0.15) is 0 Å². The average molecular weight is 347 g/mol. The number of hydrogen-bond donors (Lipinski definition) is 2. The summed E-state index contributed by atoms with van der Waals surface area (Å²) in [4.78, 5) is 8.56. The normalized spacial score (nSPS) is 10.3. The van der Waals surface area contributed by atoms with Gasteiger partial charge in [-0.2, -0.15) is 10.1 Å². The maximum atomic E-state index is 5.97.